The highest BCUT2D eigenvalue weighted by Gasteiger charge is 2.34. The fourth-order valence-electron chi connectivity index (χ4n) is 3.23. The first kappa shape index (κ1) is 15.1. The van der Waals surface area contributed by atoms with Gasteiger partial charge in [0, 0.05) is 31.0 Å². The third-order valence-electron chi connectivity index (χ3n) is 4.81. The van der Waals surface area contributed by atoms with Gasteiger partial charge in [-0.05, 0) is 32.8 Å². The van der Waals surface area contributed by atoms with Crippen molar-refractivity contribution in [3.8, 4) is 0 Å². The molecule has 2 aromatic heterocycles. The summed E-state index contributed by atoms with van der Waals surface area (Å²) >= 11 is 0. The van der Waals surface area contributed by atoms with Crippen LogP contribution in [0.2, 0.25) is 0 Å². The van der Waals surface area contributed by atoms with Crippen LogP contribution in [0.25, 0.3) is 0 Å². The number of likely N-dealkylation sites (tertiary alicyclic amines) is 1. The van der Waals surface area contributed by atoms with E-state index in [4.69, 9.17) is 4.52 Å². The molecule has 7 nitrogen and oxygen atoms in total. The summed E-state index contributed by atoms with van der Waals surface area (Å²) in [5, 5.41) is 8.31. The Labute approximate surface area is 139 Å². The molecule has 0 N–H and O–H groups in total. The number of rotatable bonds is 4. The van der Waals surface area contributed by atoms with E-state index in [9.17, 15) is 9.59 Å². The number of nitrogens with zero attached hydrogens (tertiary/aromatic N) is 4. The van der Waals surface area contributed by atoms with E-state index in [1.54, 1.807) is 29.5 Å². The summed E-state index contributed by atoms with van der Waals surface area (Å²) in [4.78, 5) is 26.2. The lowest BCUT2D eigenvalue weighted by molar-refractivity contribution is 0.0455. The largest absolute Gasteiger partial charge is 0.361 e. The van der Waals surface area contributed by atoms with E-state index < -0.39 is 0 Å². The van der Waals surface area contributed by atoms with Crippen LogP contribution in [-0.2, 0) is 6.54 Å². The fraction of sp³-hybridized carbons (Fsp3) is 0.529. The summed E-state index contributed by atoms with van der Waals surface area (Å²) in [6.07, 6.45) is 2.32. The van der Waals surface area contributed by atoms with E-state index in [-0.39, 0.29) is 17.4 Å². The van der Waals surface area contributed by atoms with Gasteiger partial charge >= 0.3 is 0 Å². The van der Waals surface area contributed by atoms with Gasteiger partial charge in [-0.1, -0.05) is 5.16 Å². The third kappa shape index (κ3) is 2.64. The van der Waals surface area contributed by atoms with Crippen molar-refractivity contribution in [1.82, 2.24) is 19.8 Å². The minimum absolute atomic E-state index is 0.0467. The number of amides is 1. The summed E-state index contributed by atoms with van der Waals surface area (Å²) in [7, 11) is 0. The van der Waals surface area contributed by atoms with Gasteiger partial charge < -0.3 is 9.42 Å². The number of aromatic nitrogens is 3. The highest BCUT2D eigenvalue weighted by molar-refractivity contribution is 5.96. The fourth-order valence-corrected chi connectivity index (χ4v) is 3.23. The van der Waals surface area contributed by atoms with Crippen LogP contribution in [0.15, 0.2) is 21.5 Å². The first-order valence-corrected chi connectivity index (χ1v) is 8.33. The van der Waals surface area contributed by atoms with E-state index >= 15 is 0 Å². The molecule has 7 heteroatoms. The van der Waals surface area contributed by atoms with E-state index in [1.165, 1.54) is 0 Å². The molecule has 1 saturated carbocycles. The highest BCUT2D eigenvalue weighted by Crippen LogP contribution is 2.38. The molecule has 2 fully saturated rings. The second kappa shape index (κ2) is 5.58. The highest BCUT2D eigenvalue weighted by atomic mass is 16.5. The Morgan fingerprint density at radius 2 is 2.04 bits per heavy atom. The number of hydrogen-bond donors (Lipinski definition) is 0. The van der Waals surface area contributed by atoms with E-state index in [2.05, 4.69) is 10.3 Å². The van der Waals surface area contributed by atoms with Crippen LogP contribution in [0.4, 0.5) is 0 Å². The maximum atomic E-state index is 12.5. The van der Waals surface area contributed by atoms with Crippen molar-refractivity contribution in [3.63, 3.8) is 0 Å². The van der Waals surface area contributed by atoms with Crippen molar-refractivity contribution in [2.75, 3.05) is 13.1 Å². The summed E-state index contributed by atoms with van der Waals surface area (Å²) < 4.78 is 6.61. The van der Waals surface area contributed by atoms with Crippen LogP contribution in [0.1, 0.15) is 46.3 Å². The topological polar surface area (TPSA) is 81.2 Å². The Kier molecular flexibility index (Phi) is 3.51. The maximum Gasteiger partial charge on any atom is 0.266 e. The first-order chi connectivity index (χ1) is 11.5. The quantitative estimate of drug-likeness (QED) is 0.849. The summed E-state index contributed by atoms with van der Waals surface area (Å²) in [6.45, 7) is 5.34. The van der Waals surface area contributed by atoms with Gasteiger partial charge in [0.1, 0.15) is 11.3 Å². The first-order valence-electron chi connectivity index (χ1n) is 8.33. The minimum Gasteiger partial charge on any atom is -0.361 e. The summed E-state index contributed by atoms with van der Waals surface area (Å²) in [5.74, 6) is 1.29. The molecule has 1 aliphatic carbocycles. The van der Waals surface area contributed by atoms with Crippen molar-refractivity contribution in [2.45, 2.75) is 39.2 Å². The van der Waals surface area contributed by atoms with Crippen LogP contribution in [0.3, 0.4) is 0 Å². The molecule has 0 bridgehead atoms. The van der Waals surface area contributed by atoms with Crippen molar-refractivity contribution in [3.05, 3.63) is 45.2 Å². The molecular formula is C17H20N4O3. The molecule has 2 aliphatic rings. The van der Waals surface area contributed by atoms with Crippen LogP contribution in [0.5, 0.6) is 0 Å². The Morgan fingerprint density at radius 1 is 1.29 bits per heavy atom. The predicted molar refractivity (Wildman–Crippen MR) is 85.8 cm³/mol. The molecular weight excluding hydrogens is 308 g/mol. The van der Waals surface area contributed by atoms with E-state index in [0.29, 0.717) is 42.6 Å². The standard InChI is InChI=1S/C17H20N4O3/c1-10-16(11(2)24-19-10)17(23)20-7-12(8-20)9-21-15(22)6-5-14(18-21)13-3-4-13/h5-6,12-13H,3-4,7-9H2,1-2H3. The molecule has 1 amide bonds. The Morgan fingerprint density at radius 3 is 2.67 bits per heavy atom. The minimum atomic E-state index is -0.0742. The Bertz CT molecular complexity index is 824. The Balaban J connectivity index is 1.41. The van der Waals surface area contributed by atoms with Crippen LogP contribution >= 0.6 is 0 Å². The molecule has 4 rings (SSSR count). The average molecular weight is 328 g/mol. The molecule has 2 aromatic rings. The molecule has 0 aromatic carbocycles. The zero-order valence-corrected chi connectivity index (χ0v) is 13.9. The predicted octanol–water partition coefficient (Wildman–Crippen LogP) is 1.50. The maximum absolute atomic E-state index is 12.5. The van der Waals surface area contributed by atoms with Gasteiger partial charge in [-0.3, -0.25) is 9.59 Å². The molecule has 1 aliphatic heterocycles. The van der Waals surface area contributed by atoms with E-state index in [0.717, 1.165) is 18.5 Å². The van der Waals surface area contributed by atoms with Gasteiger partial charge in [-0.15, -0.1) is 0 Å². The summed E-state index contributed by atoms with van der Waals surface area (Å²) in [5.41, 5.74) is 2.11. The lowest BCUT2D eigenvalue weighted by atomic mass is 9.98. The molecule has 3 heterocycles. The van der Waals surface area contributed by atoms with Crippen molar-refractivity contribution >= 4 is 5.91 Å². The van der Waals surface area contributed by atoms with Crippen LogP contribution in [-0.4, -0.2) is 38.8 Å². The molecule has 0 atom stereocenters. The van der Waals surface area contributed by atoms with Crippen molar-refractivity contribution in [2.24, 2.45) is 5.92 Å². The van der Waals surface area contributed by atoms with Gasteiger partial charge in [0.2, 0.25) is 0 Å². The number of hydrogen-bond acceptors (Lipinski definition) is 5. The van der Waals surface area contributed by atoms with E-state index in [1.807, 2.05) is 6.07 Å². The normalized spacial score (nSPS) is 17.8. The van der Waals surface area contributed by atoms with Gasteiger partial charge in [0.15, 0.2) is 0 Å². The molecule has 0 unspecified atom stereocenters. The smallest absolute Gasteiger partial charge is 0.266 e. The third-order valence-corrected chi connectivity index (χ3v) is 4.81. The SMILES string of the molecule is Cc1noc(C)c1C(=O)N1CC(Cn2nc(C3CC3)ccc2=O)C1. The Hall–Kier alpha value is -2.44. The zero-order valence-electron chi connectivity index (χ0n) is 13.9. The summed E-state index contributed by atoms with van der Waals surface area (Å²) in [6, 6.07) is 3.44. The van der Waals surface area contributed by atoms with Crippen LogP contribution < -0.4 is 5.56 Å². The zero-order chi connectivity index (χ0) is 16.8. The second-order valence-corrected chi connectivity index (χ2v) is 6.83. The van der Waals surface area contributed by atoms with Crippen LogP contribution in [0, 0.1) is 19.8 Å². The van der Waals surface area contributed by atoms with Gasteiger partial charge in [0.05, 0.1) is 17.9 Å². The van der Waals surface area contributed by atoms with Gasteiger partial charge in [-0.2, -0.15) is 5.10 Å². The molecule has 24 heavy (non-hydrogen) atoms. The molecule has 1 saturated heterocycles. The number of carbonyl (C=O) groups is 1. The number of carbonyl (C=O) groups excluding carboxylic acids is 1. The van der Waals surface area contributed by atoms with Crippen molar-refractivity contribution in [1.29, 1.82) is 0 Å². The molecule has 0 radical (unpaired) electrons. The lowest BCUT2D eigenvalue weighted by Gasteiger charge is -2.39. The lowest BCUT2D eigenvalue weighted by Crippen LogP contribution is -2.52. The van der Waals surface area contributed by atoms with Gasteiger partial charge in [0.25, 0.3) is 11.5 Å². The second-order valence-electron chi connectivity index (χ2n) is 6.83. The van der Waals surface area contributed by atoms with Gasteiger partial charge in [-0.25, -0.2) is 4.68 Å². The monoisotopic (exact) mass is 328 g/mol. The number of aryl methyl sites for hydroxylation is 2. The van der Waals surface area contributed by atoms with Crippen molar-refractivity contribution < 1.29 is 9.32 Å². The molecule has 126 valence electrons. The molecule has 0 spiro atoms. The average Bonchev–Trinajstić information content (AvgIpc) is 3.30.